The first-order chi connectivity index (χ1) is 7.22. The Balaban J connectivity index is 2.32. The van der Waals surface area contributed by atoms with Crippen LogP contribution in [-0.4, -0.2) is 38.1 Å². The minimum atomic E-state index is -0.830. The summed E-state index contributed by atoms with van der Waals surface area (Å²) in [4.78, 5) is 10.3. The van der Waals surface area contributed by atoms with Crippen molar-refractivity contribution in [1.29, 1.82) is 0 Å². The Morgan fingerprint density at radius 2 is 2.07 bits per heavy atom. The van der Waals surface area contributed by atoms with E-state index in [9.17, 15) is 4.79 Å². The molecule has 0 fully saturated rings. The third-order valence-corrected chi connectivity index (χ3v) is 5.03. The van der Waals surface area contributed by atoms with Gasteiger partial charge in [0.05, 0.1) is 5.75 Å². The van der Waals surface area contributed by atoms with Crippen LogP contribution in [0.15, 0.2) is 8.68 Å². The standard InChI is InChI=1S/C7H9BrN2O2S3/c8-2-1-3-13-6-9-10-7(15-6)14-4-5(11)12/h1-4H2,(H,11,12). The minimum Gasteiger partial charge on any atom is -0.481 e. The van der Waals surface area contributed by atoms with Crippen molar-refractivity contribution in [3.8, 4) is 0 Å². The van der Waals surface area contributed by atoms with Crippen molar-refractivity contribution < 1.29 is 9.90 Å². The van der Waals surface area contributed by atoms with E-state index in [1.54, 1.807) is 11.8 Å². The lowest BCUT2D eigenvalue weighted by atomic mass is 10.6. The number of carboxylic acid groups (broad SMARTS) is 1. The normalized spacial score (nSPS) is 10.5. The van der Waals surface area contributed by atoms with E-state index in [1.807, 2.05) is 0 Å². The van der Waals surface area contributed by atoms with E-state index in [2.05, 4.69) is 26.1 Å². The van der Waals surface area contributed by atoms with Gasteiger partial charge in [-0.2, -0.15) is 0 Å². The average Bonchev–Trinajstić information content (AvgIpc) is 2.63. The molecule has 8 heteroatoms. The lowest BCUT2D eigenvalue weighted by Crippen LogP contribution is -1.96. The Labute approximate surface area is 108 Å². The van der Waals surface area contributed by atoms with Crippen LogP contribution in [0, 0.1) is 0 Å². The van der Waals surface area contributed by atoms with Crippen molar-refractivity contribution in [2.24, 2.45) is 0 Å². The van der Waals surface area contributed by atoms with Crippen LogP contribution in [0.2, 0.25) is 0 Å². The van der Waals surface area contributed by atoms with Crippen molar-refractivity contribution in [3.63, 3.8) is 0 Å². The molecule has 1 heterocycles. The molecule has 0 atom stereocenters. The van der Waals surface area contributed by atoms with Crippen molar-refractivity contribution >= 4 is 56.8 Å². The molecule has 1 rings (SSSR count). The van der Waals surface area contributed by atoms with Gasteiger partial charge in [0.2, 0.25) is 0 Å². The van der Waals surface area contributed by atoms with Crippen LogP contribution in [0.4, 0.5) is 0 Å². The third kappa shape index (κ3) is 5.74. The van der Waals surface area contributed by atoms with Gasteiger partial charge in [0, 0.05) is 11.1 Å². The number of aliphatic carboxylic acids is 1. The predicted octanol–water partition coefficient (Wildman–Crippen LogP) is 2.59. The maximum atomic E-state index is 10.3. The maximum Gasteiger partial charge on any atom is 0.313 e. The lowest BCUT2D eigenvalue weighted by Gasteiger charge is -1.91. The van der Waals surface area contributed by atoms with Crippen LogP contribution in [0.5, 0.6) is 0 Å². The highest BCUT2D eigenvalue weighted by Crippen LogP contribution is 2.28. The molecule has 0 aliphatic rings. The fourth-order valence-corrected chi connectivity index (χ4v) is 4.05. The summed E-state index contributed by atoms with van der Waals surface area (Å²) in [5.74, 6) is 0.216. The highest BCUT2D eigenvalue weighted by Gasteiger charge is 2.07. The van der Waals surface area contributed by atoms with E-state index in [0.29, 0.717) is 0 Å². The number of aromatic nitrogens is 2. The second-order valence-corrected chi connectivity index (χ2v) is 6.74. The zero-order chi connectivity index (χ0) is 11.1. The number of hydrogen-bond donors (Lipinski definition) is 1. The van der Waals surface area contributed by atoms with E-state index in [0.717, 1.165) is 26.2 Å². The summed E-state index contributed by atoms with van der Waals surface area (Å²) in [5, 5.41) is 17.3. The number of alkyl halides is 1. The van der Waals surface area contributed by atoms with Crippen LogP contribution in [0.3, 0.4) is 0 Å². The van der Waals surface area contributed by atoms with Gasteiger partial charge in [-0.1, -0.05) is 50.8 Å². The van der Waals surface area contributed by atoms with Gasteiger partial charge < -0.3 is 5.11 Å². The topological polar surface area (TPSA) is 63.1 Å². The number of hydrogen-bond acceptors (Lipinski definition) is 6. The van der Waals surface area contributed by atoms with Gasteiger partial charge in [-0.25, -0.2) is 0 Å². The molecule has 0 unspecified atom stereocenters. The largest absolute Gasteiger partial charge is 0.481 e. The smallest absolute Gasteiger partial charge is 0.313 e. The number of thioether (sulfide) groups is 2. The van der Waals surface area contributed by atoms with Crippen LogP contribution in [-0.2, 0) is 4.79 Å². The summed E-state index contributed by atoms with van der Waals surface area (Å²) in [7, 11) is 0. The van der Waals surface area contributed by atoms with E-state index < -0.39 is 5.97 Å². The Bertz CT molecular complexity index is 321. The van der Waals surface area contributed by atoms with Crippen molar-refractivity contribution in [2.75, 3.05) is 16.8 Å². The highest BCUT2D eigenvalue weighted by atomic mass is 79.9. The molecular weight excluding hydrogens is 320 g/mol. The van der Waals surface area contributed by atoms with Crippen molar-refractivity contribution in [3.05, 3.63) is 0 Å². The third-order valence-electron chi connectivity index (χ3n) is 1.21. The first-order valence-electron chi connectivity index (χ1n) is 4.09. The van der Waals surface area contributed by atoms with E-state index in [1.165, 1.54) is 23.1 Å². The molecule has 0 saturated heterocycles. The predicted molar refractivity (Wildman–Crippen MR) is 67.4 cm³/mol. The summed E-state index contributed by atoms with van der Waals surface area (Å²) < 4.78 is 1.63. The van der Waals surface area contributed by atoms with Crippen LogP contribution >= 0.6 is 50.8 Å². The summed E-state index contributed by atoms with van der Waals surface area (Å²) in [5.41, 5.74) is 0. The molecule has 84 valence electrons. The minimum absolute atomic E-state index is 0.0424. The zero-order valence-electron chi connectivity index (χ0n) is 7.68. The van der Waals surface area contributed by atoms with Gasteiger partial charge in [-0.15, -0.1) is 10.2 Å². The molecule has 1 aromatic rings. The van der Waals surface area contributed by atoms with Crippen molar-refractivity contribution in [1.82, 2.24) is 10.2 Å². The molecule has 0 saturated carbocycles. The summed E-state index contributed by atoms with van der Waals surface area (Å²) in [6.45, 7) is 0. The van der Waals surface area contributed by atoms with Gasteiger partial charge in [0.15, 0.2) is 8.68 Å². The first-order valence-corrected chi connectivity index (χ1v) is 8.00. The van der Waals surface area contributed by atoms with Crippen molar-refractivity contribution in [2.45, 2.75) is 15.1 Å². The molecule has 0 aliphatic carbocycles. The Hall–Kier alpha value is 0.210. The number of carboxylic acids is 1. The quantitative estimate of drug-likeness (QED) is 0.471. The second-order valence-electron chi connectivity index (χ2n) is 2.41. The fraction of sp³-hybridized carbons (Fsp3) is 0.571. The number of rotatable bonds is 7. The molecule has 0 spiro atoms. The number of nitrogens with zero attached hydrogens (tertiary/aromatic N) is 2. The molecule has 0 aromatic carbocycles. The highest BCUT2D eigenvalue weighted by molar-refractivity contribution is 9.09. The van der Waals surface area contributed by atoms with Crippen LogP contribution in [0.25, 0.3) is 0 Å². The molecule has 4 nitrogen and oxygen atoms in total. The van der Waals surface area contributed by atoms with E-state index in [-0.39, 0.29) is 5.75 Å². The molecular formula is C7H9BrN2O2S3. The van der Waals surface area contributed by atoms with E-state index >= 15 is 0 Å². The average molecular weight is 329 g/mol. The first kappa shape index (κ1) is 13.3. The van der Waals surface area contributed by atoms with Gasteiger partial charge in [0.25, 0.3) is 0 Å². The molecule has 1 N–H and O–H groups in total. The molecule has 0 aliphatic heterocycles. The molecule has 0 radical (unpaired) electrons. The van der Waals surface area contributed by atoms with Gasteiger partial charge in [-0.3, -0.25) is 4.79 Å². The zero-order valence-corrected chi connectivity index (χ0v) is 11.7. The van der Waals surface area contributed by atoms with Crippen LogP contribution < -0.4 is 0 Å². The molecule has 0 amide bonds. The Morgan fingerprint density at radius 1 is 1.40 bits per heavy atom. The summed E-state index contributed by atoms with van der Waals surface area (Å²) in [6, 6.07) is 0. The summed E-state index contributed by atoms with van der Waals surface area (Å²) >= 11 is 7.67. The molecule has 15 heavy (non-hydrogen) atoms. The van der Waals surface area contributed by atoms with Gasteiger partial charge >= 0.3 is 5.97 Å². The van der Waals surface area contributed by atoms with Gasteiger partial charge in [0.1, 0.15) is 0 Å². The number of carbonyl (C=O) groups is 1. The molecule has 0 bridgehead atoms. The second kappa shape index (κ2) is 7.48. The Kier molecular flexibility index (Phi) is 6.62. The fourth-order valence-electron chi connectivity index (χ4n) is 0.651. The maximum absolute atomic E-state index is 10.3. The number of halogens is 1. The SMILES string of the molecule is O=C(O)CSc1nnc(SCCCBr)s1. The summed E-state index contributed by atoms with van der Waals surface area (Å²) in [6.07, 6.45) is 1.09. The molecule has 1 aromatic heterocycles. The van der Waals surface area contributed by atoms with E-state index in [4.69, 9.17) is 5.11 Å². The Morgan fingerprint density at radius 3 is 2.67 bits per heavy atom. The monoisotopic (exact) mass is 328 g/mol. The van der Waals surface area contributed by atoms with Crippen LogP contribution in [0.1, 0.15) is 6.42 Å². The lowest BCUT2D eigenvalue weighted by molar-refractivity contribution is -0.133. The van der Waals surface area contributed by atoms with Gasteiger partial charge in [-0.05, 0) is 6.42 Å².